The molecule has 0 atom stereocenters. The fourth-order valence-corrected chi connectivity index (χ4v) is 3.07. The fraction of sp³-hybridized carbons (Fsp3) is 0.350. The molecule has 6 heteroatoms. The maximum absolute atomic E-state index is 4.74. The molecule has 3 rings (SSSR count). The van der Waals surface area contributed by atoms with Crippen LogP contribution in [0.3, 0.4) is 0 Å². The van der Waals surface area contributed by atoms with E-state index in [0.29, 0.717) is 5.95 Å². The Morgan fingerprint density at radius 1 is 1.04 bits per heavy atom. The lowest BCUT2D eigenvalue weighted by Gasteiger charge is -2.18. The van der Waals surface area contributed by atoms with Gasteiger partial charge < -0.3 is 9.80 Å². The van der Waals surface area contributed by atoms with E-state index < -0.39 is 0 Å². The minimum absolute atomic E-state index is 0.712. The molecule has 0 spiro atoms. The quantitative estimate of drug-likeness (QED) is 0.684. The SMILES string of the molecule is Cc1nn(C)cc1-c1ccnc(N(C)Cc2cccc(CN(C)C)c2)n1. The molecule has 0 aliphatic carbocycles. The smallest absolute Gasteiger partial charge is 0.225 e. The van der Waals surface area contributed by atoms with Crippen molar-refractivity contribution < 1.29 is 0 Å². The highest BCUT2D eigenvalue weighted by Gasteiger charge is 2.11. The zero-order valence-electron chi connectivity index (χ0n) is 16.1. The third kappa shape index (κ3) is 4.26. The van der Waals surface area contributed by atoms with Crippen molar-refractivity contribution in [1.29, 1.82) is 0 Å². The van der Waals surface area contributed by atoms with Crippen LogP contribution in [0.1, 0.15) is 16.8 Å². The lowest BCUT2D eigenvalue weighted by molar-refractivity contribution is 0.402. The summed E-state index contributed by atoms with van der Waals surface area (Å²) in [6.45, 7) is 3.69. The van der Waals surface area contributed by atoms with Crippen LogP contribution >= 0.6 is 0 Å². The van der Waals surface area contributed by atoms with Gasteiger partial charge in [0.2, 0.25) is 5.95 Å². The Labute approximate surface area is 155 Å². The number of hydrogen-bond acceptors (Lipinski definition) is 5. The summed E-state index contributed by atoms with van der Waals surface area (Å²) in [6.07, 6.45) is 3.80. The molecule has 3 aromatic rings. The van der Waals surface area contributed by atoms with E-state index in [1.165, 1.54) is 11.1 Å². The standard InChI is InChI=1S/C20H26N6/c1-15-18(14-26(5)23-15)19-9-10-21-20(22-19)25(4)13-17-8-6-7-16(11-17)12-24(2)3/h6-11,14H,12-13H2,1-5H3. The van der Waals surface area contributed by atoms with E-state index >= 15 is 0 Å². The minimum atomic E-state index is 0.712. The first kappa shape index (κ1) is 18.1. The van der Waals surface area contributed by atoms with E-state index in [0.717, 1.165) is 30.0 Å². The topological polar surface area (TPSA) is 50.1 Å². The van der Waals surface area contributed by atoms with Crippen LogP contribution < -0.4 is 4.90 Å². The van der Waals surface area contributed by atoms with E-state index in [-0.39, 0.29) is 0 Å². The van der Waals surface area contributed by atoms with E-state index in [1.54, 1.807) is 0 Å². The number of aryl methyl sites for hydroxylation is 2. The van der Waals surface area contributed by atoms with E-state index in [4.69, 9.17) is 4.98 Å². The summed E-state index contributed by atoms with van der Waals surface area (Å²) in [7, 11) is 8.11. The van der Waals surface area contributed by atoms with Gasteiger partial charge in [-0.1, -0.05) is 24.3 Å². The Balaban J connectivity index is 1.79. The molecule has 0 fully saturated rings. The fourth-order valence-electron chi connectivity index (χ4n) is 3.07. The number of anilines is 1. The Kier molecular flexibility index (Phi) is 5.32. The number of hydrogen-bond donors (Lipinski definition) is 0. The molecule has 0 aliphatic rings. The molecule has 0 saturated carbocycles. The first-order chi connectivity index (χ1) is 12.4. The first-order valence-electron chi connectivity index (χ1n) is 8.69. The van der Waals surface area contributed by atoms with Crippen LogP contribution in [-0.2, 0) is 20.1 Å². The lowest BCUT2D eigenvalue weighted by Crippen LogP contribution is -2.19. The molecule has 0 amide bonds. The Hall–Kier alpha value is -2.73. The summed E-state index contributed by atoms with van der Waals surface area (Å²) in [5.41, 5.74) is 5.46. The second kappa shape index (κ2) is 7.66. The van der Waals surface area contributed by atoms with Gasteiger partial charge in [0.15, 0.2) is 0 Å². The molecule has 0 unspecified atom stereocenters. The van der Waals surface area contributed by atoms with E-state index in [9.17, 15) is 0 Å². The molecule has 2 heterocycles. The van der Waals surface area contributed by atoms with Crippen LogP contribution in [0.4, 0.5) is 5.95 Å². The summed E-state index contributed by atoms with van der Waals surface area (Å²) in [4.78, 5) is 13.4. The molecule has 1 aromatic carbocycles. The van der Waals surface area contributed by atoms with Gasteiger partial charge >= 0.3 is 0 Å². The predicted molar refractivity (Wildman–Crippen MR) is 105 cm³/mol. The molecule has 6 nitrogen and oxygen atoms in total. The van der Waals surface area contributed by atoms with E-state index in [2.05, 4.69) is 58.2 Å². The normalized spacial score (nSPS) is 11.2. The van der Waals surface area contributed by atoms with Crippen LogP contribution in [0.2, 0.25) is 0 Å². The number of benzene rings is 1. The largest absolute Gasteiger partial charge is 0.340 e. The van der Waals surface area contributed by atoms with Crippen LogP contribution in [0, 0.1) is 6.92 Å². The average Bonchev–Trinajstić information content (AvgIpc) is 2.93. The highest BCUT2D eigenvalue weighted by Crippen LogP contribution is 2.22. The summed E-state index contributed by atoms with van der Waals surface area (Å²) < 4.78 is 1.81. The highest BCUT2D eigenvalue weighted by molar-refractivity contribution is 5.61. The van der Waals surface area contributed by atoms with Crippen LogP contribution in [0.5, 0.6) is 0 Å². The monoisotopic (exact) mass is 350 g/mol. The van der Waals surface area contributed by atoms with Gasteiger partial charge in [-0.15, -0.1) is 0 Å². The number of rotatable bonds is 6. The Morgan fingerprint density at radius 3 is 2.42 bits per heavy atom. The molecule has 26 heavy (non-hydrogen) atoms. The third-order valence-electron chi connectivity index (χ3n) is 4.18. The number of aromatic nitrogens is 4. The van der Waals surface area contributed by atoms with Gasteiger partial charge in [-0.05, 0) is 38.2 Å². The Bertz CT molecular complexity index is 884. The van der Waals surface area contributed by atoms with Crippen LogP contribution in [0.15, 0.2) is 42.7 Å². The molecular weight excluding hydrogens is 324 g/mol. The second-order valence-electron chi connectivity index (χ2n) is 6.96. The van der Waals surface area contributed by atoms with Crippen molar-refractivity contribution in [3.8, 4) is 11.3 Å². The lowest BCUT2D eigenvalue weighted by atomic mass is 10.1. The van der Waals surface area contributed by atoms with Gasteiger partial charge in [-0.3, -0.25) is 4.68 Å². The summed E-state index contributed by atoms with van der Waals surface area (Å²) in [6, 6.07) is 10.6. The molecule has 136 valence electrons. The Morgan fingerprint density at radius 2 is 1.77 bits per heavy atom. The maximum atomic E-state index is 4.74. The summed E-state index contributed by atoms with van der Waals surface area (Å²) >= 11 is 0. The van der Waals surface area contributed by atoms with Crippen molar-refractivity contribution in [2.45, 2.75) is 20.0 Å². The predicted octanol–water partition coefficient (Wildman–Crippen LogP) is 2.88. The van der Waals surface area contributed by atoms with Crippen molar-refractivity contribution in [2.24, 2.45) is 7.05 Å². The molecule has 0 radical (unpaired) electrons. The van der Waals surface area contributed by atoms with Gasteiger partial charge in [0, 0.05) is 45.1 Å². The summed E-state index contributed by atoms with van der Waals surface area (Å²) in [5.74, 6) is 0.712. The average molecular weight is 350 g/mol. The van der Waals surface area contributed by atoms with Crippen molar-refractivity contribution in [2.75, 3.05) is 26.0 Å². The summed E-state index contributed by atoms with van der Waals surface area (Å²) in [5, 5.41) is 4.40. The molecule has 0 saturated heterocycles. The zero-order chi connectivity index (χ0) is 18.7. The molecule has 0 aliphatic heterocycles. The molecule has 2 aromatic heterocycles. The number of nitrogens with zero attached hydrogens (tertiary/aromatic N) is 6. The highest BCUT2D eigenvalue weighted by atomic mass is 15.3. The van der Waals surface area contributed by atoms with Gasteiger partial charge in [-0.25, -0.2) is 9.97 Å². The second-order valence-corrected chi connectivity index (χ2v) is 6.96. The maximum Gasteiger partial charge on any atom is 0.225 e. The van der Waals surface area contributed by atoms with Gasteiger partial charge in [0.25, 0.3) is 0 Å². The van der Waals surface area contributed by atoms with Crippen LogP contribution in [-0.4, -0.2) is 45.8 Å². The third-order valence-corrected chi connectivity index (χ3v) is 4.18. The molecule has 0 bridgehead atoms. The van der Waals surface area contributed by atoms with E-state index in [1.807, 2.05) is 44.2 Å². The zero-order valence-corrected chi connectivity index (χ0v) is 16.1. The molecule has 0 N–H and O–H groups in total. The van der Waals surface area contributed by atoms with Crippen LogP contribution in [0.25, 0.3) is 11.3 Å². The van der Waals surface area contributed by atoms with Crippen molar-refractivity contribution in [1.82, 2.24) is 24.6 Å². The van der Waals surface area contributed by atoms with Crippen molar-refractivity contribution in [3.05, 3.63) is 59.5 Å². The first-order valence-corrected chi connectivity index (χ1v) is 8.69. The van der Waals surface area contributed by atoms with Gasteiger partial charge in [0.05, 0.1) is 11.4 Å². The molecular formula is C20H26N6. The van der Waals surface area contributed by atoms with Gasteiger partial charge in [-0.2, -0.15) is 5.10 Å². The minimum Gasteiger partial charge on any atom is -0.340 e. The van der Waals surface area contributed by atoms with Gasteiger partial charge in [0.1, 0.15) is 0 Å². The van der Waals surface area contributed by atoms with Crippen molar-refractivity contribution >= 4 is 5.95 Å². The van der Waals surface area contributed by atoms with Crippen molar-refractivity contribution in [3.63, 3.8) is 0 Å².